The summed E-state index contributed by atoms with van der Waals surface area (Å²) in [5, 5.41) is 6.07. The van der Waals surface area contributed by atoms with E-state index in [-0.39, 0.29) is 5.91 Å². The number of nitrogens with one attached hydrogen (secondary N) is 2. The fourth-order valence-electron chi connectivity index (χ4n) is 2.54. The number of aliphatic imine (C=N–C) groups is 1. The average molecular weight is 452 g/mol. The van der Waals surface area contributed by atoms with Gasteiger partial charge in [0.15, 0.2) is 0 Å². The van der Waals surface area contributed by atoms with Crippen molar-refractivity contribution < 1.29 is 4.79 Å². The standard InChI is InChI=1S/C22H22BrN5O/c1-28(2)20-5-3-4-17(14-20)21(29)27-22(25-15-16-10-12-24-13-11-16)26-19-8-6-18(23)7-9-19/h3-14H,15H2,1-2H3,(H2,25,26,27,29). The summed E-state index contributed by atoms with van der Waals surface area (Å²) in [4.78, 5) is 23.3. The summed E-state index contributed by atoms with van der Waals surface area (Å²) in [6.07, 6.45) is 3.44. The lowest BCUT2D eigenvalue weighted by molar-refractivity contribution is 0.0977. The smallest absolute Gasteiger partial charge is 0.258 e. The Kier molecular flexibility index (Phi) is 6.97. The minimum atomic E-state index is -0.230. The summed E-state index contributed by atoms with van der Waals surface area (Å²) < 4.78 is 0.975. The zero-order chi connectivity index (χ0) is 20.6. The molecule has 0 fully saturated rings. The van der Waals surface area contributed by atoms with E-state index in [2.05, 4.69) is 36.5 Å². The molecule has 0 bridgehead atoms. The molecule has 6 nitrogen and oxygen atoms in total. The van der Waals surface area contributed by atoms with Gasteiger partial charge in [-0.2, -0.15) is 0 Å². The van der Waals surface area contributed by atoms with Crippen molar-refractivity contribution in [1.29, 1.82) is 0 Å². The lowest BCUT2D eigenvalue weighted by Crippen LogP contribution is -2.36. The van der Waals surface area contributed by atoms with Crippen LogP contribution in [0.2, 0.25) is 0 Å². The lowest BCUT2D eigenvalue weighted by Gasteiger charge is -2.15. The van der Waals surface area contributed by atoms with Gasteiger partial charge in [0.1, 0.15) is 0 Å². The van der Waals surface area contributed by atoms with E-state index in [4.69, 9.17) is 0 Å². The molecule has 148 valence electrons. The Balaban J connectivity index is 1.80. The second kappa shape index (κ2) is 9.84. The molecule has 0 radical (unpaired) electrons. The SMILES string of the molecule is CN(C)c1cccc(C(=O)NC(=NCc2ccncc2)Nc2ccc(Br)cc2)c1. The molecule has 0 atom stereocenters. The van der Waals surface area contributed by atoms with Crippen LogP contribution in [0.25, 0.3) is 0 Å². The zero-order valence-electron chi connectivity index (χ0n) is 16.3. The maximum Gasteiger partial charge on any atom is 0.258 e. The highest BCUT2D eigenvalue weighted by Crippen LogP contribution is 2.15. The number of anilines is 2. The number of rotatable bonds is 5. The van der Waals surface area contributed by atoms with Crippen LogP contribution >= 0.6 is 15.9 Å². The van der Waals surface area contributed by atoms with Gasteiger partial charge < -0.3 is 10.2 Å². The number of pyridine rings is 1. The highest BCUT2D eigenvalue weighted by molar-refractivity contribution is 9.10. The Hall–Kier alpha value is -3.19. The van der Waals surface area contributed by atoms with E-state index < -0.39 is 0 Å². The van der Waals surface area contributed by atoms with Gasteiger partial charge in [0.2, 0.25) is 5.96 Å². The van der Waals surface area contributed by atoms with E-state index >= 15 is 0 Å². The molecular weight excluding hydrogens is 430 g/mol. The van der Waals surface area contributed by atoms with Crippen molar-refractivity contribution in [3.05, 3.63) is 88.7 Å². The zero-order valence-corrected chi connectivity index (χ0v) is 17.8. The molecule has 7 heteroatoms. The molecule has 2 N–H and O–H groups in total. The summed E-state index contributed by atoms with van der Waals surface area (Å²) in [7, 11) is 3.88. The van der Waals surface area contributed by atoms with Gasteiger partial charge in [-0.3, -0.25) is 15.1 Å². The molecule has 0 spiro atoms. The largest absolute Gasteiger partial charge is 0.378 e. The number of amides is 1. The quantitative estimate of drug-likeness (QED) is 0.447. The topological polar surface area (TPSA) is 69.6 Å². The van der Waals surface area contributed by atoms with Gasteiger partial charge in [-0.1, -0.05) is 22.0 Å². The molecular formula is C22H22BrN5O. The number of hydrogen-bond donors (Lipinski definition) is 2. The maximum atomic E-state index is 12.8. The third-order valence-electron chi connectivity index (χ3n) is 4.13. The van der Waals surface area contributed by atoms with Gasteiger partial charge in [0, 0.05) is 47.9 Å². The highest BCUT2D eigenvalue weighted by Gasteiger charge is 2.11. The Bertz CT molecular complexity index is 988. The molecule has 0 aliphatic heterocycles. The van der Waals surface area contributed by atoms with Crippen LogP contribution in [-0.2, 0) is 6.54 Å². The monoisotopic (exact) mass is 451 g/mol. The summed E-state index contributed by atoms with van der Waals surface area (Å²) in [5.74, 6) is 0.149. The molecule has 2 aromatic carbocycles. The van der Waals surface area contributed by atoms with Crippen molar-refractivity contribution in [3.8, 4) is 0 Å². The van der Waals surface area contributed by atoms with Crippen molar-refractivity contribution in [2.24, 2.45) is 4.99 Å². The highest BCUT2D eigenvalue weighted by atomic mass is 79.9. The van der Waals surface area contributed by atoms with Crippen LogP contribution in [0.5, 0.6) is 0 Å². The average Bonchev–Trinajstić information content (AvgIpc) is 2.74. The van der Waals surface area contributed by atoms with Crippen LogP contribution in [0.1, 0.15) is 15.9 Å². The second-order valence-electron chi connectivity index (χ2n) is 6.55. The molecule has 1 aromatic heterocycles. The van der Waals surface area contributed by atoms with Crippen molar-refractivity contribution >= 4 is 39.2 Å². The molecule has 0 saturated heterocycles. The number of carbonyl (C=O) groups excluding carboxylic acids is 1. The summed E-state index contributed by atoms with van der Waals surface area (Å²) in [6.45, 7) is 0.416. The van der Waals surface area contributed by atoms with Gasteiger partial charge in [0.25, 0.3) is 5.91 Å². The van der Waals surface area contributed by atoms with E-state index in [1.165, 1.54) is 0 Å². The summed E-state index contributed by atoms with van der Waals surface area (Å²) in [5.41, 5.74) is 3.34. The van der Waals surface area contributed by atoms with Gasteiger partial charge in [-0.05, 0) is 60.2 Å². The molecule has 1 amide bonds. The number of benzene rings is 2. The van der Waals surface area contributed by atoms with Crippen molar-refractivity contribution in [1.82, 2.24) is 10.3 Å². The lowest BCUT2D eigenvalue weighted by atomic mass is 10.2. The maximum absolute atomic E-state index is 12.8. The Morgan fingerprint density at radius 3 is 2.48 bits per heavy atom. The molecule has 3 rings (SSSR count). The fourth-order valence-corrected chi connectivity index (χ4v) is 2.81. The minimum absolute atomic E-state index is 0.230. The number of carbonyl (C=O) groups is 1. The van der Waals surface area contributed by atoms with Gasteiger partial charge in [-0.15, -0.1) is 0 Å². The predicted molar refractivity (Wildman–Crippen MR) is 121 cm³/mol. The van der Waals surface area contributed by atoms with Crippen LogP contribution in [0.3, 0.4) is 0 Å². The van der Waals surface area contributed by atoms with Crippen LogP contribution in [0.4, 0.5) is 11.4 Å². The van der Waals surface area contributed by atoms with Crippen LogP contribution in [0, 0.1) is 0 Å². The predicted octanol–water partition coefficient (Wildman–Crippen LogP) is 4.31. The first kappa shape index (κ1) is 20.5. The van der Waals surface area contributed by atoms with Crippen LogP contribution < -0.4 is 15.5 Å². The van der Waals surface area contributed by atoms with E-state index in [0.717, 1.165) is 21.4 Å². The molecule has 0 aliphatic rings. The first-order valence-electron chi connectivity index (χ1n) is 9.06. The van der Waals surface area contributed by atoms with Crippen molar-refractivity contribution in [2.75, 3.05) is 24.3 Å². The Labute approximate surface area is 178 Å². The van der Waals surface area contributed by atoms with Crippen molar-refractivity contribution in [3.63, 3.8) is 0 Å². The second-order valence-corrected chi connectivity index (χ2v) is 7.47. The van der Waals surface area contributed by atoms with Gasteiger partial charge in [-0.25, -0.2) is 4.99 Å². The molecule has 0 aliphatic carbocycles. The molecule has 1 heterocycles. The molecule has 0 unspecified atom stereocenters. The molecule has 29 heavy (non-hydrogen) atoms. The van der Waals surface area contributed by atoms with Crippen LogP contribution in [-0.4, -0.2) is 30.9 Å². The first-order valence-corrected chi connectivity index (χ1v) is 9.85. The van der Waals surface area contributed by atoms with E-state index in [9.17, 15) is 4.79 Å². The first-order chi connectivity index (χ1) is 14.0. The van der Waals surface area contributed by atoms with Crippen LogP contribution in [0.15, 0.2) is 82.5 Å². The normalized spacial score (nSPS) is 11.1. The fraction of sp³-hybridized carbons (Fsp3) is 0.136. The Morgan fingerprint density at radius 2 is 1.79 bits per heavy atom. The number of guanidine groups is 1. The van der Waals surface area contributed by atoms with Crippen molar-refractivity contribution in [2.45, 2.75) is 6.54 Å². The number of aromatic nitrogens is 1. The Morgan fingerprint density at radius 1 is 1.07 bits per heavy atom. The number of halogens is 1. The third-order valence-corrected chi connectivity index (χ3v) is 4.66. The third kappa shape index (κ3) is 6.15. The summed E-state index contributed by atoms with van der Waals surface area (Å²) in [6, 6.07) is 18.9. The number of hydrogen-bond acceptors (Lipinski definition) is 4. The van der Waals surface area contributed by atoms with Gasteiger partial charge in [0.05, 0.1) is 6.54 Å². The molecule has 3 aromatic rings. The van der Waals surface area contributed by atoms with E-state index in [0.29, 0.717) is 18.1 Å². The molecule has 0 saturated carbocycles. The van der Waals surface area contributed by atoms with E-state index in [1.807, 2.05) is 73.6 Å². The number of nitrogens with zero attached hydrogens (tertiary/aromatic N) is 3. The minimum Gasteiger partial charge on any atom is -0.378 e. The van der Waals surface area contributed by atoms with Gasteiger partial charge >= 0.3 is 0 Å². The summed E-state index contributed by atoms with van der Waals surface area (Å²) >= 11 is 3.42. The van der Waals surface area contributed by atoms with E-state index in [1.54, 1.807) is 18.5 Å².